The number of carbonyl (C=O) groups is 2. The summed E-state index contributed by atoms with van der Waals surface area (Å²) < 4.78 is 0. The number of unbranched alkanes of at least 4 members (excludes halogenated alkanes) is 1. The molecule has 0 aliphatic heterocycles. The number of carbonyl (C=O) groups excluding carboxylic acids is 1. The van der Waals surface area contributed by atoms with E-state index in [1.54, 1.807) is 0 Å². The van der Waals surface area contributed by atoms with E-state index in [-0.39, 0.29) is 12.1 Å². The SMILES string of the molecule is CCCCC(NC(=O)NC1CCCC(C)C1)C(=O)O. The van der Waals surface area contributed by atoms with Crippen molar-refractivity contribution in [2.75, 3.05) is 0 Å². The normalized spacial score (nSPS) is 24.5. The average molecular weight is 270 g/mol. The molecule has 3 atom stereocenters. The van der Waals surface area contributed by atoms with E-state index in [2.05, 4.69) is 17.6 Å². The Balaban J connectivity index is 2.37. The summed E-state index contributed by atoms with van der Waals surface area (Å²) >= 11 is 0. The van der Waals surface area contributed by atoms with Crippen molar-refractivity contribution >= 4 is 12.0 Å². The van der Waals surface area contributed by atoms with E-state index in [0.29, 0.717) is 12.3 Å². The molecule has 3 N–H and O–H groups in total. The zero-order valence-electron chi connectivity index (χ0n) is 11.9. The van der Waals surface area contributed by atoms with Gasteiger partial charge in [-0.1, -0.05) is 39.5 Å². The molecule has 0 bridgehead atoms. The van der Waals surface area contributed by atoms with E-state index < -0.39 is 12.0 Å². The summed E-state index contributed by atoms with van der Waals surface area (Å²) in [5.41, 5.74) is 0. The van der Waals surface area contributed by atoms with E-state index in [0.717, 1.165) is 32.1 Å². The highest BCUT2D eigenvalue weighted by atomic mass is 16.4. The van der Waals surface area contributed by atoms with Crippen LogP contribution >= 0.6 is 0 Å². The second-order valence-electron chi connectivity index (χ2n) is 5.62. The molecule has 5 heteroatoms. The van der Waals surface area contributed by atoms with Crippen molar-refractivity contribution < 1.29 is 14.7 Å². The zero-order chi connectivity index (χ0) is 14.3. The number of hydrogen-bond acceptors (Lipinski definition) is 2. The molecular weight excluding hydrogens is 244 g/mol. The predicted molar refractivity (Wildman–Crippen MR) is 74.0 cm³/mol. The van der Waals surface area contributed by atoms with Crippen molar-refractivity contribution in [3.8, 4) is 0 Å². The first-order valence-corrected chi connectivity index (χ1v) is 7.32. The lowest BCUT2D eigenvalue weighted by Crippen LogP contribution is -2.49. The Hall–Kier alpha value is -1.26. The third-order valence-corrected chi connectivity index (χ3v) is 3.72. The van der Waals surface area contributed by atoms with Crippen LogP contribution in [-0.4, -0.2) is 29.2 Å². The lowest BCUT2D eigenvalue weighted by Gasteiger charge is -2.28. The van der Waals surface area contributed by atoms with Crippen LogP contribution in [0.25, 0.3) is 0 Å². The Morgan fingerprint density at radius 3 is 2.68 bits per heavy atom. The standard InChI is InChI=1S/C14H26N2O3/c1-3-4-8-12(13(17)18)16-14(19)15-11-7-5-6-10(2)9-11/h10-12H,3-9H2,1-2H3,(H,17,18)(H2,15,16,19). The number of carboxylic acids is 1. The van der Waals surface area contributed by atoms with Gasteiger partial charge in [0.25, 0.3) is 0 Å². The Kier molecular flexibility index (Phi) is 6.67. The van der Waals surface area contributed by atoms with Gasteiger partial charge in [-0.2, -0.15) is 0 Å². The highest BCUT2D eigenvalue weighted by Gasteiger charge is 2.23. The van der Waals surface area contributed by atoms with Gasteiger partial charge >= 0.3 is 12.0 Å². The minimum Gasteiger partial charge on any atom is -0.480 e. The van der Waals surface area contributed by atoms with Gasteiger partial charge in [0.1, 0.15) is 6.04 Å². The molecule has 0 radical (unpaired) electrons. The van der Waals surface area contributed by atoms with Gasteiger partial charge in [-0.3, -0.25) is 0 Å². The minimum atomic E-state index is -0.958. The number of nitrogens with one attached hydrogen (secondary N) is 2. The van der Waals surface area contributed by atoms with Gasteiger partial charge in [0, 0.05) is 6.04 Å². The molecule has 5 nitrogen and oxygen atoms in total. The maximum absolute atomic E-state index is 11.8. The van der Waals surface area contributed by atoms with Crippen molar-refractivity contribution in [3.05, 3.63) is 0 Å². The number of hydrogen-bond donors (Lipinski definition) is 3. The van der Waals surface area contributed by atoms with Crippen LogP contribution in [0.4, 0.5) is 4.79 Å². The molecule has 1 aliphatic rings. The molecule has 0 spiro atoms. The van der Waals surface area contributed by atoms with Gasteiger partial charge < -0.3 is 15.7 Å². The van der Waals surface area contributed by atoms with E-state index in [1.807, 2.05) is 6.92 Å². The molecule has 2 amide bonds. The predicted octanol–water partition coefficient (Wildman–Crippen LogP) is 2.51. The first-order chi connectivity index (χ1) is 9.02. The molecule has 0 aromatic carbocycles. The summed E-state index contributed by atoms with van der Waals surface area (Å²) in [5.74, 6) is -0.324. The summed E-state index contributed by atoms with van der Waals surface area (Å²) in [6, 6.07) is -0.937. The first-order valence-electron chi connectivity index (χ1n) is 7.32. The van der Waals surface area contributed by atoms with Crippen LogP contribution in [0.1, 0.15) is 58.8 Å². The summed E-state index contributed by atoms with van der Waals surface area (Å²) in [5, 5.41) is 14.5. The summed E-state index contributed by atoms with van der Waals surface area (Å²) in [6.45, 7) is 4.19. The van der Waals surface area contributed by atoms with E-state index in [4.69, 9.17) is 5.11 Å². The molecule has 0 aromatic rings. The van der Waals surface area contributed by atoms with Crippen molar-refractivity contribution in [2.24, 2.45) is 5.92 Å². The zero-order valence-corrected chi connectivity index (χ0v) is 11.9. The fourth-order valence-corrected chi connectivity index (χ4v) is 2.62. The first kappa shape index (κ1) is 15.8. The van der Waals surface area contributed by atoms with Crippen LogP contribution in [0.2, 0.25) is 0 Å². The van der Waals surface area contributed by atoms with Crippen LogP contribution in [-0.2, 0) is 4.79 Å². The third kappa shape index (κ3) is 5.94. The topological polar surface area (TPSA) is 78.4 Å². The molecule has 0 aromatic heterocycles. The molecule has 1 aliphatic carbocycles. The van der Waals surface area contributed by atoms with E-state index in [1.165, 1.54) is 6.42 Å². The number of rotatable bonds is 6. The van der Waals surface area contributed by atoms with Crippen molar-refractivity contribution in [1.29, 1.82) is 0 Å². The Bertz CT molecular complexity index is 307. The number of carboxylic acid groups (broad SMARTS) is 1. The second-order valence-corrected chi connectivity index (χ2v) is 5.62. The quantitative estimate of drug-likeness (QED) is 0.694. The van der Waals surface area contributed by atoms with Crippen molar-refractivity contribution in [1.82, 2.24) is 10.6 Å². The summed E-state index contributed by atoms with van der Waals surface area (Å²) in [6.07, 6.45) is 6.54. The summed E-state index contributed by atoms with van der Waals surface area (Å²) in [7, 11) is 0. The molecular formula is C14H26N2O3. The van der Waals surface area contributed by atoms with Crippen LogP contribution in [0.3, 0.4) is 0 Å². The molecule has 110 valence electrons. The van der Waals surface area contributed by atoms with Gasteiger partial charge in [0.05, 0.1) is 0 Å². The van der Waals surface area contributed by atoms with Crippen LogP contribution in [0, 0.1) is 5.92 Å². The molecule has 1 saturated carbocycles. The lowest BCUT2D eigenvalue weighted by atomic mass is 9.87. The smallest absolute Gasteiger partial charge is 0.326 e. The molecule has 3 unspecified atom stereocenters. The number of amides is 2. The fourth-order valence-electron chi connectivity index (χ4n) is 2.62. The molecule has 0 saturated heterocycles. The van der Waals surface area contributed by atoms with E-state index >= 15 is 0 Å². The molecule has 1 rings (SSSR count). The fraction of sp³-hybridized carbons (Fsp3) is 0.857. The lowest BCUT2D eigenvalue weighted by molar-refractivity contribution is -0.139. The van der Waals surface area contributed by atoms with Gasteiger partial charge in [0.15, 0.2) is 0 Å². The summed E-state index contributed by atoms with van der Waals surface area (Å²) in [4.78, 5) is 22.9. The monoisotopic (exact) mass is 270 g/mol. The Labute approximate surface area is 115 Å². The van der Waals surface area contributed by atoms with Crippen LogP contribution in [0.5, 0.6) is 0 Å². The maximum atomic E-state index is 11.8. The number of urea groups is 1. The van der Waals surface area contributed by atoms with Gasteiger partial charge in [-0.05, 0) is 25.2 Å². The third-order valence-electron chi connectivity index (χ3n) is 3.72. The Morgan fingerprint density at radius 1 is 1.37 bits per heavy atom. The Morgan fingerprint density at radius 2 is 2.11 bits per heavy atom. The van der Waals surface area contributed by atoms with E-state index in [9.17, 15) is 9.59 Å². The highest BCUT2D eigenvalue weighted by Crippen LogP contribution is 2.23. The molecule has 0 heterocycles. The molecule has 19 heavy (non-hydrogen) atoms. The van der Waals surface area contributed by atoms with Crippen LogP contribution < -0.4 is 10.6 Å². The van der Waals surface area contributed by atoms with Crippen LogP contribution in [0.15, 0.2) is 0 Å². The second kappa shape index (κ2) is 8.02. The maximum Gasteiger partial charge on any atom is 0.326 e. The number of aliphatic carboxylic acids is 1. The largest absolute Gasteiger partial charge is 0.480 e. The van der Waals surface area contributed by atoms with Crippen molar-refractivity contribution in [3.63, 3.8) is 0 Å². The highest BCUT2D eigenvalue weighted by molar-refractivity contribution is 5.82. The molecule has 1 fully saturated rings. The minimum absolute atomic E-state index is 0.185. The van der Waals surface area contributed by atoms with Gasteiger partial charge in [-0.25, -0.2) is 9.59 Å². The average Bonchev–Trinajstić information content (AvgIpc) is 2.34. The van der Waals surface area contributed by atoms with Crippen molar-refractivity contribution in [2.45, 2.75) is 70.9 Å². The van der Waals surface area contributed by atoms with Gasteiger partial charge in [0.2, 0.25) is 0 Å². The van der Waals surface area contributed by atoms with Gasteiger partial charge in [-0.15, -0.1) is 0 Å².